The van der Waals surface area contributed by atoms with Crippen LogP contribution in [0.3, 0.4) is 0 Å². The highest BCUT2D eigenvalue weighted by Gasteiger charge is 2.03. The fourth-order valence-electron chi connectivity index (χ4n) is 1.59. The van der Waals surface area contributed by atoms with Crippen LogP contribution >= 0.6 is 50.3 Å². The fraction of sp³-hybridized carbons (Fsp3) is 0.143. The predicted octanol–water partition coefficient (Wildman–Crippen LogP) is 5.83. The Bertz CT molecular complexity index is 508. The largest absolute Gasteiger partial charge is 0.125 e. The number of thioether (sulfide) groups is 1. The van der Waals surface area contributed by atoms with Gasteiger partial charge < -0.3 is 0 Å². The number of halogens is 2. The molecule has 0 N–H and O–H groups in total. The van der Waals surface area contributed by atoms with Gasteiger partial charge in [-0.1, -0.05) is 41.1 Å². The lowest BCUT2D eigenvalue weighted by atomic mass is 10.1. The third-order valence-corrected chi connectivity index (χ3v) is 5.18. The standard InChI is InChI=1S/C14H12BrIS/c1-2-17-14-9-11(5-8-13(14)16)10-3-6-12(15)7-4-10/h3-9H,2H2,1H3. The zero-order chi connectivity index (χ0) is 12.3. The van der Waals surface area contributed by atoms with Gasteiger partial charge in [-0.2, -0.15) is 0 Å². The van der Waals surface area contributed by atoms with Crippen LogP contribution in [-0.4, -0.2) is 5.75 Å². The van der Waals surface area contributed by atoms with Crippen LogP contribution in [0.5, 0.6) is 0 Å². The molecule has 3 heteroatoms. The van der Waals surface area contributed by atoms with Crippen LogP contribution in [0.1, 0.15) is 6.92 Å². The first-order chi connectivity index (χ1) is 8.20. The van der Waals surface area contributed by atoms with Crippen LogP contribution in [-0.2, 0) is 0 Å². The average molecular weight is 419 g/mol. The van der Waals surface area contributed by atoms with Gasteiger partial charge in [-0.3, -0.25) is 0 Å². The molecule has 0 atom stereocenters. The first-order valence-corrected chi connectivity index (χ1v) is 8.24. The van der Waals surface area contributed by atoms with E-state index in [0.29, 0.717) is 0 Å². The molecule has 0 saturated carbocycles. The van der Waals surface area contributed by atoms with E-state index in [2.05, 4.69) is 87.9 Å². The van der Waals surface area contributed by atoms with Gasteiger partial charge in [-0.25, -0.2) is 0 Å². The van der Waals surface area contributed by atoms with Gasteiger partial charge >= 0.3 is 0 Å². The van der Waals surface area contributed by atoms with E-state index in [1.807, 2.05) is 11.8 Å². The van der Waals surface area contributed by atoms with Gasteiger partial charge in [-0.05, 0) is 63.7 Å². The minimum atomic E-state index is 1.11. The summed E-state index contributed by atoms with van der Waals surface area (Å²) >= 11 is 7.76. The van der Waals surface area contributed by atoms with E-state index in [9.17, 15) is 0 Å². The normalized spacial score (nSPS) is 10.5. The van der Waals surface area contributed by atoms with Crippen LogP contribution in [0.15, 0.2) is 51.8 Å². The van der Waals surface area contributed by atoms with Crippen molar-refractivity contribution < 1.29 is 0 Å². The molecule has 2 aromatic carbocycles. The highest BCUT2D eigenvalue weighted by Crippen LogP contribution is 2.30. The predicted molar refractivity (Wildman–Crippen MR) is 88.7 cm³/mol. The van der Waals surface area contributed by atoms with E-state index in [1.165, 1.54) is 19.6 Å². The highest BCUT2D eigenvalue weighted by atomic mass is 127. The first-order valence-electron chi connectivity index (χ1n) is 5.39. The molecule has 0 nitrogen and oxygen atoms in total. The lowest BCUT2D eigenvalue weighted by molar-refractivity contribution is 1.38. The van der Waals surface area contributed by atoms with E-state index in [1.54, 1.807) is 0 Å². The average Bonchev–Trinajstić information content (AvgIpc) is 2.33. The second kappa shape index (κ2) is 6.25. The molecule has 0 amide bonds. The second-order valence-corrected chi connectivity index (χ2v) is 6.97. The molecule has 0 unspecified atom stereocenters. The molecule has 0 heterocycles. The van der Waals surface area contributed by atoms with Crippen molar-refractivity contribution in [1.82, 2.24) is 0 Å². The van der Waals surface area contributed by atoms with Gasteiger partial charge in [0.1, 0.15) is 0 Å². The van der Waals surface area contributed by atoms with Crippen molar-refractivity contribution in [3.05, 3.63) is 50.5 Å². The third-order valence-electron chi connectivity index (χ3n) is 2.41. The van der Waals surface area contributed by atoms with Crippen molar-refractivity contribution in [3.8, 4) is 11.1 Å². The van der Waals surface area contributed by atoms with Crippen LogP contribution in [0.25, 0.3) is 11.1 Å². The molecule has 0 saturated heterocycles. The number of rotatable bonds is 3. The summed E-state index contributed by atoms with van der Waals surface area (Å²) in [7, 11) is 0. The van der Waals surface area contributed by atoms with Crippen molar-refractivity contribution in [2.75, 3.05) is 5.75 Å². The summed E-state index contributed by atoms with van der Waals surface area (Å²) in [5, 5.41) is 0. The summed E-state index contributed by atoms with van der Waals surface area (Å²) in [6.07, 6.45) is 0. The van der Waals surface area contributed by atoms with Crippen molar-refractivity contribution >= 4 is 50.3 Å². The van der Waals surface area contributed by atoms with Gasteiger partial charge in [0.15, 0.2) is 0 Å². The van der Waals surface area contributed by atoms with Crippen LogP contribution in [0, 0.1) is 3.57 Å². The van der Waals surface area contributed by atoms with Crippen molar-refractivity contribution in [2.45, 2.75) is 11.8 Å². The summed E-state index contributed by atoms with van der Waals surface area (Å²) in [6, 6.07) is 15.1. The first kappa shape index (κ1) is 13.4. The molecule has 0 aliphatic carbocycles. The van der Waals surface area contributed by atoms with Crippen molar-refractivity contribution in [2.24, 2.45) is 0 Å². The Balaban J connectivity index is 2.39. The van der Waals surface area contributed by atoms with Gasteiger partial charge in [0.05, 0.1) is 0 Å². The van der Waals surface area contributed by atoms with Crippen molar-refractivity contribution in [3.63, 3.8) is 0 Å². The molecule has 0 radical (unpaired) electrons. The van der Waals surface area contributed by atoms with E-state index in [4.69, 9.17) is 0 Å². The summed E-state index contributed by atoms with van der Waals surface area (Å²) in [4.78, 5) is 1.37. The van der Waals surface area contributed by atoms with Crippen LogP contribution in [0.2, 0.25) is 0 Å². The van der Waals surface area contributed by atoms with Crippen LogP contribution in [0.4, 0.5) is 0 Å². The Labute approximate surface area is 128 Å². The van der Waals surface area contributed by atoms with E-state index >= 15 is 0 Å². The molecule has 0 bridgehead atoms. The summed E-state index contributed by atoms with van der Waals surface area (Å²) < 4.78 is 2.45. The molecule has 0 spiro atoms. The van der Waals surface area contributed by atoms with E-state index in [0.717, 1.165) is 10.2 Å². The maximum absolute atomic E-state index is 3.46. The molecule has 2 aromatic rings. The lowest BCUT2D eigenvalue weighted by Crippen LogP contribution is -1.83. The van der Waals surface area contributed by atoms with Crippen molar-refractivity contribution in [1.29, 1.82) is 0 Å². The summed E-state index contributed by atoms with van der Waals surface area (Å²) in [5.41, 5.74) is 2.55. The minimum Gasteiger partial charge on any atom is -0.125 e. The quantitative estimate of drug-likeness (QED) is 0.446. The molecular formula is C14H12BrIS. The molecule has 2 rings (SSSR count). The van der Waals surface area contributed by atoms with Crippen LogP contribution < -0.4 is 0 Å². The molecule has 0 fully saturated rings. The summed E-state index contributed by atoms with van der Waals surface area (Å²) in [5.74, 6) is 1.11. The zero-order valence-corrected chi connectivity index (χ0v) is 14.0. The SMILES string of the molecule is CCSc1cc(-c2ccc(Br)cc2)ccc1I. The fourth-order valence-corrected chi connectivity index (χ4v) is 3.39. The Morgan fingerprint density at radius 3 is 2.35 bits per heavy atom. The number of hydrogen-bond donors (Lipinski definition) is 0. The molecule has 0 aliphatic rings. The third kappa shape index (κ3) is 3.48. The maximum Gasteiger partial charge on any atom is 0.0266 e. The molecule has 88 valence electrons. The van der Waals surface area contributed by atoms with Gasteiger partial charge in [0.25, 0.3) is 0 Å². The Hall–Kier alpha value is -0.000000000000000111. The van der Waals surface area contributed by atoms with E-state index < -0.39 is 0 Å². The molecule has 0 aliphatic heterocycles. The lowest BCUT2D eigenvalue weighted by Gasteiger charge is -2.07. The zero-order valence-electron chi connectivity index (χ0n) is 9.41. The number of benzene rings is 2. The smallest absolute Gasteiger partial charge is 0.0266 e. The molecule has 0 aromatic heterocycles. The Kier molecular flexibility index (Phi) is 4.94. The summed E-state index contributed by atoms with van der Waals surface area (Å²) in [6.45, 7) is 2.19. The maximum atomic E-state index is 3.46. The van der Waals surface area contributed by atoms with Gasteiger partial charge in [0.2, 0.25) is 0 Å². The van der Waals surface area contributed by atoms with Gasteiger partial charge in [-0.15, -0.1) is 11.8 Å². The molecular weight excluding hydrogens is 407 g/mol. The Morgan fingerprint density at radius 1 is 1.06 bits per heavy atom. The second-order valence-electron chi connectivity index (χ2n) is 3.59. The minimum absolute atomic E-state index is 1.11. The van der Waals surface area contributed by atoms with Gasteiger partial charge in [0, 0.05) is 12.9 Å². The molecule has 17 heavy (non-hydrogen) atoms. The highest BCUT2D eigenvalue weighted by molar-refractivity contribution is 14.1. The van der Waals surface area contributed by atoms with E-state index in [-0.39, 0.29) is 0 Å². The topological polar surface area (TPSA) is 0 Å². The Morgan fingerprint density at radius 2 is 1.71 bits per heavy atom. The monoisotopic (exact) mass is 418 g/mol. The number of hydrogen-bond acceptors (Lipinski definition) is 1.